The number of benzene rings is 1. The first-order chi connectivity index (χ1) is 11.5. The minimum Gasteiger partial charge on any atom is -0.496 e. The Morgan fingerprint density at radius 3 is 2.75 bits per heavy atom. The van der Waals surface area contributed by atoms with E-state index < -0.39 is 12.0 Å². The second-order valence-electron chi connectivity index (χ2n) is 5.75. The zero-order valence-electron chi connectivity index (χ0n) is 13.5. The van der Waals surface area contributed by atoms with Gasteiger partial charge in [0.1, 0.15) is 5.75 Å². The maximum Gasteiger partial charge on any atom is 0.331 e. The van der Waals surface area contributed by atoms with Gasteiger partial charge in [-0.15, -0.1) is 0 Å². The van der Waals surface area contributed by atoms with Crippen molar-refractivity contribution in [1.82, 2.24) is 9.88 Å². The van der Waals surface area contributed by atoms with Crippen LogP contribution in [0.3, 0.4) is 0 Å². The second-order valence-corrected chi connectivity index (χ2v) is 5.75. The summed E-state index contributed by atoms with van der Waals surface area (Å²) >= 11 is 0. The summed E-state index contributed by atoms with van der Waals surface area (Å²) in [5.74, 6) is -0.974. The van der Waals surface area contributed by atoms with Crippen molar-refractivity contribution in [3.05, 3.63) is 59.4 Å². The van der Waals surface area contributed by atoms with Crippen molar-refractivity contribution in [2.75, 3.05) is 7.11 Å². The van der Waals surface area contributed by atoms with E-state index in [9.17, 15) is 14.7 Å². The summed E-state index contributed by atoms with van der Waals surface area (Å²) in [7, 11) is 1.47. The van der Waals surface area contributed by atoms with E-state index in [4.69, 9.17) is 4.74 Å². The number of aromatic nitrogens is 1. The van der Waals surface area contributed by atoms with E-state index in [1.807, 2.05) is 25.1 Å². The molecule has 1 aromatic carbocycles. The number of fused-ring (bicyclic) bond motifs is 1. The number of carbonyl (C=O) groups is 2. The highest BCUT2D eigenvalue weighted by atomic mass is 16.5. The molecule has 6 heteroatoms. The van der Waals surface area contributed by atoms with E-state index in [0.29, 0.717) is 23.3 Å². The molecule has 1 amide bonds. The molecule has 1 aliphatic rings. The van der Waals surface area contributed by atoms with Crippen molar-refractivity contribution >= 4 is 11.9 Å². The number of ether oxygens (including phenoxy) is 1. The van der Waals surface area contributed by atoms with Crippen LogP contribution in [0.1, 0.15) is 34.6 Å². The molecule has 0 saturated heterocycles. The topological polar surface area (TPSA) is 79.7 Å². The number of aliphatic carboxylic acids is 1. The van der Waals surface area contributed by atoms with Crippen LogP contribution in [0, 0.1) is 0 Å². The van der Waals surface area contributed by atoms with Crippen molar-refractivity contribution < 1.29 is 19.4 Å². The number of hydrogen-bond acceptors (Lipinski definition) is 4. The van der Waals surface area contributed by atoms with Crippen LogP contribution < -0.4 is 4.74 Å². The van der Waals surface area contributed by atoms with E-state index in [-0.39, 0.29) is 11.9 Å². The van der Waals surface area contributed by atoms with Crippen LogP contribution in [0.25, 0.3) is 0 Å². The van der Waals surface area contributed by atoms with Gasteiger partial charge in [0, 0.05) is 29.9 Å². The fourth-order valence-corrected chi connectivity index (χ4v) is 3.20. The Balaban J connectivity index is 1.98. The van der Waals surface area contributed by atoms with E-state index >= 15 is 0 Å². The maximum atomic E-state index is 12.9. The van der Waals surface area contributed by atoms with Gasteiger partial charge in [0.05, 0.1) is 12.7 Å². The van der Waals surface area contributed by atoms with Gasteiger partial charge < -0.3 is 14.7 Å². The zero-order valence-corrected chi connectivity index (χ0v) is 13.5. The Labute approximate surface area is 139 Å². The van der Waals surface area contributed by atoms with Gasteiger partial charge in [-0.25, -0.2) is 4.79 Å². The lowest BCUT2D eigenvalue weighted by atomic mass is 10.0. The molecule has 3 rings (SSSR count). The van der Waals surface area contributed by atoms with Crippen molar-refractivity contribution in [3.63, 3.8) is 0 Å². The molecule has 0 saturated carbocycles. The smallest absolute Gasteiger partial charge is 0.331 e. The first kappa shape index (κ1) is 16.0. The number of amides is 1. The van der Waals surface area contributed by atoms with Gasteiger partial charge in [-0.1, -0.05) is 18.2 Å². The third-order valence-electron chi connectivity index (χ3n) is 4.24. The van der Waals surface area contributed by atoms with Crippen LogP contribution in [-0.2, 0) is 11.2 Å². The summed E-state index contributed by atoms with van der Waals surface area (Å²) in [5, 5.41) is 9.68. The standard InChI is InChI=1S/C18H18N2O4/c1-11(10-12-6-3-4-9-19-12)20-16(18(22)23)13-7-5-8-14(24-2)15(13)17(20)21/h3-9,11,16H,10H2,1-2H3,(H,22,23). The number of pyridine rings is 1. The van der Waals surface area contributed by atoms with Gasteiger partial charge in [-0.2, -0.15) is 0 Å². The second kappa shape index (κ2) is 6.31. The first-order valence-corrected chi connectivity index (χ1v) is 7.67. The van der Waals surface area contributed by atoms with Crippen LogP contribution in [0.5, 0.6) is 5.75 Å². The number of carbonyl (C=O) groups excluding carboxylic acids is 1. The maximum absolute atomic E-state index is 12.9. The molecule has 0 aliphatic carbocycles. The van der Waals surface area contributed by atoms with Crippen LogP contribution in [0.15, 0.2) is 42.6 Å². The summed E-state index contributed by atoms with van der Waals surface area (Å²) in [4.78, 5) is 30.4. The zero-order chi connectivity index (χ0) is 17.3. The fraction of sp³-hybridized carbons (Fsp3) is 0.278. The number of carboxylic acid groups (broad SMARTS) is 1. The highest BCUT2D eigenvalue weighted by Crippen LogP contribution is 2.40. The van der Waals surface area contributed by atoms with E-state index in [0.717, 1.165) is 5.69 Å². The molecular formula is C18H18N2O4. The average molecular weight is 326 g/mol. The number of hydrogen-bond donors (Lipinski definition) is 1. The molecule has 1 aliphatic heterocycles. The molecule has 124 valence electrons. The van der Waals surface area contributed by atoms with Gasteiger partial charge in [0.25, 0.3) is 5.91 Å². The normalized spacial score (nSPS) is 17.5. The molecule has 2 heterocycles. The van der Waals surface area contributed by atoms with E-state index in [1.54, 1.807) is 24.4 Å². The summed E-state index contributed by atoms with van der Waals surface area (Å²) in [6, 6.07) is 9.26. The molecule has 2 unspecified atom stereocenters. The molecule has 0 fully saturated rings. The highest BCUT2D eigenvalue weighted by molar-refractivity contribution is 6.05. The largest absolute Gasteiger partial charge is 0.496 e. The summed E-state index contributed by atoms with van der Waals surface area (Å²) in [6.45, 7) is 1.83. The Bertz CT molecular complexity index is 776. The van der Waals surface area contributed by atoms with Crippen molar-refractivity contribution in [2.45, 2.75) is 25.4 Å². The molecule has 24 heavy (non-hydrogen) atoms. The highest BCUT2D eigenvalue weighted by Gasteiger charge is 2.45. The molecular weight excluding hydrogens is 308 g/mol. The lowest BCUT2D eigenvalue weighted by Gasteiger charge is -2.28. The average Bonchev–Trinajstić information content (AvgIpc) is 2.89. The monoisotopic (exact) mass is 326 g/mol. The van der Waals surface area contributed by atoms with Crippen molar-refractivity contribution in [3.8, 4) is 5.75 Å². The predicted molar refractivity (Wildman–Crippen MR) is 86.9 cm³/mol. The molecule has 0 bridgehead atoms. The van der Waals surface area contributed by atoms with Gasteiger partial charge in [-0.3, -0.25) is 9.78 Å². The summed E-state index contributed by atoms with van der Waals surface area (Å²) < 4.78 is 5.25. The Hall–Kier alpha value is -2.89. The predicted octanol–water partition coefficient (Wildman–Crippen LogP) is 2.30. The number of nitrogens with zero attached hydrogens (tertiary/aromatic N) is 2. The van der Waals surface area contributed by atoms with Crippen molar-refractivity contribution in [1.29, 1.82) is 0 Å². The summed E-state index contributed by atoms with van der Waals surface area (Å²) in [6.07, 6.45) is 2.16. The third-order valence-corrected chi connectivity index (χ3v) is 4.24. The lowest BCUT2D eigenvalue weighted by molar-refractivity contribution is -0.142. The first-order valence-electron chi connectivity index (χ1n) is 7.67. The lowest BCUT2D eigenvalue weighted by Crippen LogP contribution is -2.40. The molecule has 0 spiro atoms. The van der Waals surface area contributed by atoms with Gasteiger partial charge in [0.2, 0.25) is 0 Å². The Kier molecular flexibility index (Phi) is 4.20. The number of carboxylic acids is 1. The van der Waals surface area contributed by atoms with Crippen molar-refractivity contribution in [2.24, 2.45) is 0 Å². The van der Waals surface area contributed by atoms with Crippen LogP contribution in [0.4, 0.5) is 0 Å². The molecule has 2 atom stereocenters. The van der Waals surface area contributed by atoms with Gasteiger partial charge >= 0.3 is 5.97 Å². The van der Waals surface area contributed by atoms with E-state index in [1.165, 1.54) is 12.0 Å². The van der Waals surface area contributed by atoms with Gasteiger partial charge in [-0.05, 0) is 25.1 Å². The Morgan fingerprint density at radius 2 is 2.12 bits per heavy atom. The molecule has 1 aromatic heterocycles. The quantitative estimate of drug-likeness (QED) is 0.912. The SMILES string of the molecule is COc1cccc2c1C(=O)N(C(C)Cc1ccccn1)C2C(=O)O. The van der Waals surface area contributed by atoms with E-state index in [2.05, 4.69) is 4.98 Å². The number of methoxy groups -OCH3 is 1. The van der Waals surface area contributed by atoms with Gasteiger partial charge in [0.15, 0.2) is 6.04 Å². The molecule has 6 nitrogen and oxygen atoms in total. The minimum absolute atomic E-state index is 0.314. The number of rotatable bonds is 5. The minimum atomic E-state index is -1.05. The van der Waals surface area contributed by atoms with Crippen LogP contribution >= 0.6 is 0 Å². The molecule has 0 radical (unpaired) electrons. The Morgan fingerprint density at radius 1 is 1.33 bits per heavy atom. The fourth-order valence-electron chi connectivity index (χ4n) is 3.20. The summed E-state index contributed by atoms with van der Waals surface area (Å²) in [5.41, 5.74) is 1.62. The third kappa shape index (κ3) is 2.60. The molecule has 1 N–H and O–H groups in total. The van der Waals surface area contributed by atoms with Crippen LogP contribution in [-0.4, -0.2) is 40.0 Å². The van der Waals surface area contributed by atoms with Crippen LogP contribution in [0.2, 0.25) is 0 Å². The molecule has 2 aromatic rings.